The van der Waals surface area contributed by atoms with Gasteiger partial charge in [0, 0.05) is 48.0 Å². The van der Waals surface area contributed by atoms with Crippen LogP contribution in [0.25, 0.3) is 5.65 Å². The average Bonchev–Trinajstić information content (AvgIpc) is 2.97. The van der Waals surface area contributed by atoms with Crippen molar-refractivity contribution < 1.29 is 4.74 Å². The molecule has 0 amide bonds. The number of rotatable bonds is 3. The maximum Gasteiger partial charge on any atom is 0.159 e. The van der Waals surface area contributed by atoms with Crippen LogP contribution in [0, 0.1) is 27.7 Å². The molecule has 0 aliphatic carbocycles. The summed E-state index contributed by atoms with van der Waals surface area (Å²) in [5, 5.41) is 4.50. The summed E-state index contributed by atoms with van der Waals surface area (Å²) in [4.78, 5) is 16.2. The van der Waals surface area contributed by atoms with Crippen molar-refractivity contribution in [2.75, 3.05) is 19.7 Å². The molecule has 1 aliphatic heterocycles. The van der Waals surface area contributed by atoms with Crippen molar-refractivity contribution in [3.63, 3.8) is 0 Å². The summed E-state index contributed by atoms with van der Waals surface area (Å²) >= 11 is 0. The lowest BCUT2D eigenvalue weighted by atomic mass is 10.2. The van der Waals surface area contributed by atoms with E-state index in [1.807, 2.05) is 43.6 Å². The van der Waals surface area contributed by atoms with Crippen LogP contribution in [-0.2, 0) is 11.3 Å². The van der Waals surface area contributed by atoms with E-state index < -0.39 is 0 Å². The molecule has 7 heteroatoms. The second-order valence-electron chi connectivity index (χ2n) is 7.05. The summed E-state index contributed by atoms with van der Waals surface area (Å²) in [5.41, 5.74) is 6.14. The second kappa shape index (κ2) is 6.74. The zero-order valence-corrected chi connectivity index (χ0v) is 15.7. The molecule has 0 bridgehead atoms. The van der Waals surface area contributed by atoms with Gasteiger partial charge in [0.2, 0.25) is 0 Å². The standard InChI is InChI=1S/C19H24N6O/c1-12-7-13(2)22-18(21-12)17-11-24(5-6-26-17)10-16-9-20-25-15(4)8-14(3)23-19(16)25/h7-9,17H,5-6,10-11H2,1-4H3/t17-/m1/s1. The van der Waals surface area contributed by atoms with Gasteiger partial charge in [0.1, 0.15) is 6.10 Å². The monoisotopic (exact) mass is 352 g/mol. The Labute approximate surface area is 153 Å². The van der Waals surface area contributed by atoms with Crippen LogP contribution in [0.15, 0.2) is 18.3 Å². The number of aryl methyl sites for hydroxylation is 4. The van der Waals surface area contributed by atoms with E-state index >= 15 is 0 Å². The van der Waals surface area contributed by atoms with Crippen molar-refractivity contribution in [2.24, 2.45) is 0 Å². The third-order valence-corrected chi connectivity index (χ3v) is 4.68. The summed E-state index contributed by atoms with van der Waals surface area (Å²) in [5.74, 6) is 0.775. The first-order chi connectivity index (χ1) is 12.5. The molecule has 0 N–H and O–H groups in total. The fraction of sp³-hybridized carbons (Fsp3) is 0.474. The lowest BCUT2D eigenvalue weighted by Crippen LogP contribution is -2.38. The minimum absolute atomic E-state index is 0.0966. The molecule has 0 saturated carbocycles. The molecule has 4 rings (SSSR count). The number of hydrogen-bond donors (Lipinski definition) is 0. The SMILES string of the molecule is Cc1cc(C)nc([C@H]2CN(Cc3cnn4c(C)cc(C)nc34)CCO2)n1. The van der Waals surface area contributed by atoms with Crippen LogP contribution in [0.2, 0.25) is 0 Å². The molecule has 0 spiro atoms. The Bertz CT molecular complexity index is 930. The third kappa shape index (κ3) is 3.32. The molecule has 136 valence electrons. The molecule has 0 unspecified atom stereocenters. The van der Waals surface area contributed by atoms with E-state index in [0.717, 1.165) is 59.4 Å². The molecule has 1 aliphatic rings. The molecule has 0 aromatic carbocycles. The Hall–Kier alpha value is -2.38. The van der Waals surface area contributed by atoms with Gasteiger partial charge in [0.15, 0.2) is 11.5 Å². The summed E-state index contributed by atoms with van der Waals surface area (Å²) < 4.78 is 7.86. The molecular formula is C19H24N6O. The smallest absolute Gasteiger partial charge is 0.159 e. The molecule has 4 heterocycles. The van der Waals surface area contributed by atoms with E-state index in [-0.39, 0.29) is 6.10 Å². The van der Waals surface area contributed by atoms with Crippen molar-refractivity contribution >= 4 is 5.65 Å². The van der Waals surface area contributed by atoms with Gasteiger partial charge in [-0.25, -0.2) is 19.5 Å². The normalized spacial score (nSPS) is 18.5. The summed E-state index contributed by atoms with van der Waals surface area (Å²) in [6, 6.07) is 4.03. The van der Waals surface area contributed by atoms with E-state index in [1.54, 1.807) is 0 Å². The van der Waals surface area contributed by atoms with Gasteiger partial charge < -0.3 is 4.74 Å². The van der Waals surface area contributed by atoms with Crippen LogP contribution in [0.5, 0.6) is 0 Å². The van der Waals surface area contributed by atoms with Crippen LogP contribution in [0.4, 0.5) is 0 Å². The van der Waals surface area contributed by atoms with Crippen molar-refractivity contribution in [2.45, 2.75) is 40.3 Å². The zero-order valence-electron chi connectivity index (χ0n) is 15.7. The van der Waals surface area contributed by atoms with Gasteiger partial charge in [-0.2, -0.15) is 5.10 Å². The van der Waals surface area contributed by atoms with Gasteiger partial charge in [-0.15, -0.1) is 0 Å². The number of hydrogen-bond acceptors (Lipinski definition) is 6. The van der Waals surface area contributed by atoms with Crippen LogP contribution in [0.1, 0.15) is 40.3 Å². The molecule has 3 aromatic heterocycles. The first-order valence-electron chi connectivity index (χ1n) is 8.96. The number of ether oxygens (including phenoxy) is 1. The lowest BCUT2D eigenvalue weighted by molar-refractivity contribution is -0.0372. The summed E-state index contributed by atoms with van der Waals surface area (Å²) in [6.45, 7) is 11.2. The summed E-state index contributed by atoms with van der Waals surface area (Å²) in [6.07, 6.45) is 1.83. The Balaban J connectivity index is 1.56. The second-order valence-corrected chi connectivity index (χ2v) is 7.05. The minimum Gasteiger partial charge on any atom is -0.368 e. The van der Waals surface area contributed by atoms with Gasteiger partial charge in [-0.3, -0.25) is 4.90 Å². The first-order valence-corrected chi connectivity index (χ1v) is 8.96. The molecule has 26 heavy (non-hydrogen) atoms. The average molecular weight is 352 g/mol. The van der Waals surface area contributed by atoms with Crippen molar-refractivity contribution in [3.8, 4) is 0 Å². The Morgan fingerprint density at radius 3 is 2.54 bits per heavy atom. The maximum atomic E-state index is 5.95. The van der Waals surface area contributed by atoms with E-state index in [2.05, 4.69) is 31.9 Å². The highest BCUT2D eigenvalue weighted by atomic mass is 16.5. The number of nitrogens with zero attached hydrogens (tertiary/aromatic N) is 6. The first kappa shape index (κ1) is 17.1. The largest absolute Gasteiger partial charge is 0.368 e. The highest BCUT2D eigenvalue weighted by molar-refractivity contribution is 5.47. The van der Waals surface area contributed by atoms with Gasteiger partial charge in [-0.05, 0) is 39.8 Å². The van der Waals surface area contributed by atoms with Crippen molar-refractivity contribution in [1.29, 1.82) is 0 Å². The minimum atomic E-state index is -0.0966. The molecule has 1 atom stereocenters. The Morgan fingerprint density at radius 2 is 1.77 bits per heavy atom. The van der Waals surface area contributed by atoms with Gasteiger partial charge in [-0.1, -0.05) is 0 Å². The fourth-order valence-corrected chi connectivity index (χ4v) is 3.57. The number of fused-ring (bicyclic) bond motifs is 1. The molecule has 1 saturated heterocycles. The quantitative estimate of drug-likeness (QED) is 0.721. The molecule has 0 radical (unpaired) electrons. The summed E-state index contributed by atoms with van der Waals surface area (Å²) in [7, 11) is 0. The highest BCUT2D eigenvalue weighted by Crippen LogP contribution is 2.22. The third-order valence-electron chi connectivity index (χ3n) is 4.68. The fourth-order valence-electron chi connectivity index (χ4n) is 3.57. The van der Waals surface area contributed by atoms with Gasteiger partial charge >= 0.3 is 0 Å². The molecule has 7 nitrogen and oxygen atoms in total. The van der Waals surface area contributed by atoms with Gasteiger partial charge in [0.05, 0.1) is 12.8 Å². The molecular weight excluding hydrogens is 328 g/mol. The van der Waals surface area contributed by atoms with Crippen LogP contribution < -0.4 is 0 Å². The molecule has 1 fully saturated rings. The van der Waals surface area contributed by atoms with E-state index in [1.165, 1.54) is 0 Å². The Morgan fingerprint density at radius 1 is 1.04 bits per heavy atom. The molecule has 3 aromatic rings. The van der Waals surface area contributed by atoms with Crippen molar-refractivity contribution in [1.82, 2.24) is 29.5 Å². The predicted octanol–water partition coefficient (Wildman–Crippen LogP) is 2.33. The van der Waals surface area contributed by atoms with E-state index in [9.17, 15) is 0 Å². The predicted molar refractivity (Wildman–Crippen MR) is 97.9 cm³/mol. The lowest BCUT2D eigenvalue weighted by Gasteiger charge is -2.32. The number of morpholine rings is 1. The highest BCUT2D eigenvalue weighted by Gasteiger charge is 2.25. The van der Waals surface area contributed by atoms with Crippen LogP contribution >= 0.6 is 0 Å². The van der Waals surface area contributed by atoms with E-state index in [0.29, 0.717) is 6.61 Å². The van der Waals surface area contributed by atoms with Crippen LogP contribution in [0.3, 0.4) is 0 Å². The van der Waals surface area contributed by atoms with Crippen molar-refractivity contribution in [3.05, 3.63) is 52.5 Å². The number of aromatic nitrogens is 5. The zero-order chi connectivity index (χ0) is 18.3. The van der Waals surface area contributed by atoms with Gasteiger partial charge in [0.25, 0.3) is 0 Å². The maximum absolute atomic E-state index is 5.95. The van der Waals surface area contributed by atoms with E-state index in [4.69, 9.17) is 4.74 Å². The Kier molecular flexibility index (Phi) is 4.42. The topological polar surface area (TPSA) is 68.4 Å². The van der Waals surface area contributed by atoms with Crippen LogP contribution in [-0.4, -0.2) is 49.2 Å².